The largest absolute Gasteiger partial charge is 0.247 e. The summed E-state index contributed by atoms with van der Waals surface area (Å²) in [6, 6.07) is 75.5. The Morgan fingerprint density at radius 2 is 0.869 bits per heavy atom. The summed E-state index contributed by atoms with van der Waals surface area (Å²) in [7, 11) is 0. The fourth-order valence-electron chi connectivity index (χ4n) is 8.98. The molecule has 0 N–H and O–H groups in total. The zero-order valence-electron chi connectivity index (χ0n) is 33.0. The molecule has 0 saturated heterocycles. The van der Waals surface area contributed by atoms with E-state index >= 15 is 0 Å². The minimum absolute atomic E-state index is 0.702. The molecule has 284 valence electrons. The second kappa shape index (κ2) is 14.5. The molecule has 3 aromatic heterocycles. The van der Waals surface area contributed by atoms with E-state index in [1.807, 2.05) is 29.5 Å². The molecule has 0 aliphatic rings. The van der Waals surface area contributed by atoms with Gasteiger partial charge < -0.3 is 0 Å². The number of para-hydroxylation sites is 1. The summed E-state index contributed by atoms with van der Waals surface area (Å²) in [5, 5.41) is 8.52. The van der Waals surface area contributed by atoms with Gasteiger partial charge in [0.1, 0.15) is 0 Å². The van der Waals surface area contributed by atoms with Gasteiger partial charge in [-0.2, -0.15) is 0 Å². The van der Waals surface area contributed by atoms with Gasteiger partial charge in [0, 0.05) is 58.6 Å². The van der Waals surface area contributed by atoms with Gasteiger partial charge in [-0.25, -0.2) is 15.0 Å². The molecule has 0 aliphatic heterocycles. The van der Waals surface area contributed by atoms with E-state index < -0.39 is 0 Å². The SMILES string of the molecule is c1ccc(-c2nc(-c3ccc(-c4ccc5sc6ccc7c(-c8ccccc8)nc8ccccc8c7c6c5c4)cc3)cc(-c3ccc(-c4ccccc4)c4ccccc34)n2)cc1. The van der Waals surface area contributed by atoms with Crippen molar-refractivity contribution in [3.63, 3.8) is 0 Å². The first-order valence-corrected chi connectivity index (χ1v) is 21.4. The van der Waals surface area contributed by atoms with E-state index in [9.17, 15) is 0 Å². The van der Waals surface area contributed by atoms with Crippen LogP contribution in [-0.4, -0.2) is 15.0 Å². The van der Waals surface area contributed by atoms with Gasteiger partial charge in [-0.1, -0.05) is 182 Å². The quantitative estimate of drug-likeness (QED) is 0.157. The summed E-state index contributed by atoms with van der Waals surface area (Å²) in [5.41, 5.74) is 12.8. The first-order chi connectivity index (χ1) is 30.2. The third kappa shape index (κ3) is 6.07. The van der Waals surface area contributed by atoms with E-state index in [1.165, 1.54) is 58.4 Å². The Bertz CT molecular complexity index is 3620. The van der Waals surface area contributed by atoms with Gasteiger partial charge >= 0.3 is 0 Å². The average molecular weight is 794 g/mol. The van der Waals surface area contributed by atoms with E-state index in [4.69, 9.17) is 15.0 Å². The first kappa shape index (κ1) is 35.2. The van der Waals surface area contributed by atoms with E-state index in [2.05, 4.69) is 194 Å². The van der Waals surface area contributed by atoms with Crippen LogP contribution < -0.4 is 0 Å². The Kier molecular flexibility index (Phi) is 8.36. The summed E-state index contributed by atoms with van der Waals surface area (Å²) >= 11 is 1.85. The average Bonchev–Trinajstić information content (AvgIpc) is 3.72. The molecule has 0 bridgehead atoms. The van der Waals surface area contributed by atoms with Crippen molar-refractivity contribution in [3.05, 3.63) is 212 Å². The van der Waals surface area contributed by atoms with Crippen LogP contribution in [0.1, 0.15) is 0 Å². The van der Waals surface area contributed by atoms with Gasteiger partial charge in [0.25, 0.3) is 0 Å². The molecular formula is C57H35N3S. The Hall–Kier alpha value is -7.79. The molecule has 0 spiro atoms. The van der Waals surface area contributed by atoms with Crippen LogP contribution in [0.4, 0.5) is 0 Å². The lowest BCUT2D eigenvalue weighted by atomic mass is 9.93. The van der Waals surface area contributed by atoms with Gasteiger partial charge in [-0.05, 0) is 63.4 Å². The molecule has 9 aromatic carbocycles. The smallest absolute Gasteiger partial charge is 0.160 e. The minimum Gasteiger partial charge on any atom is -0.247 e. The molecule has 12 aromatic rings. The number of pyridine rings is 1. The van der Waals surface area contributed by atoms with Gasteiger partial charge in [0.2, 0.25) is 0 Å². The topological polar surface area (TPSA) is 38.7 Å². The van der Waals surface area contributed by atoms with Gasteiger partial charge in [0.15, 0.2) is 5.82 Å². The molecule has 3 nitrogen and oxygen atoms in total. The second-order valence-corrected chi connectivity index (χ2v) is 16.6. The Balaban J connectivity index is 0.983. The van der Waals surface area contributed by atoms with Crippen molar-refractivity contribution in [3.8, 4) is 67.4 Å². The van der Waals surface area contributed by atoms with Crippen molar-refractivity contribution in [2.75, 3.05) is 0 Å². The van der Waals surface area contributed by atoms with Crippen molar-refractivity contribution >= 4 is 64.0 Å². The van der Waals surface area contributed by atoms with Crippen molar-refractivity contribution in [2.45, 2.75) is 0 Å². The molecule has 12 rings (SSSR count). The highest BCUT2D eigenvalue weighted by Crippen LogP contribution is 2.45. The normalized spacial score (nSPS) is 11.6. The minimum atomic E-state index is 0.702. The van der Waals surface area contributed by atoms with Crippen molar-refractivity contribution in [1.29, 1.82) is 0 Å². The maximum absolute atomic E-state index is 5.21. The summed E-state index contributed by atoms with van der Waals surface area (Å²) in [6.07, 6.45) is 0. The highest BCUT2D eigenvalue weighted by Gasteiger charge is 2.18. The lowest BCUT2D eigenvalue weighted by Crippen LogP contribution is -1.96. The molecule has 0 radical (unpaired) electrons. The van der Waals surface area contributed by atoms with E-state index in [0.717, 1.165) is 55.8 Å². The molecule has 0 saturated carbocycles. The highest BCUT2D eigenvalue weighted by atomic mass is 32.1. The van der Waals surface area contributed by atoms with Crippen molar-refractivity contribution in [1.82, 2.24) is 15.0 Å². The van der Waals surface area contributed by atoms with Gasteiger partial charge in [-0.3, -0.25) is 0 Å². The molecule has 0 amide bonds. The third-order valence-corrected chi connectivity index (χ3v) is 13.0. The number of thiophene rings is 1. The first-order valence-electron chi connectivity index (χ1n) is 20.6. The third-order valence-electron chi connectivity index (χ3n) is 11.9. The van der Waals surface area contributed by atoms with Crippen LogP contribution in [0.15, 0.2) is 212 Å². The van der Waals surface area contributed by atoms with Crippen LogP contribution in [-0.2, 0) is 0 Å². The lowest BCUT2D eigenvalue weighted by molar-refractivity contribution is 1.18. The zero-order valence-corrected chi connectivity index (χ0v) is 33.8. The van der Waals surface area contributed by atoms with Crippen LogP contribution in [0, 0.1) is 0 Å². The van der Waals surface area contributed by atoms with Crippen LogP contribution in [0.25, 0.3) is 120 Å². The number of hydrogen-bond donors (Lipinski definition) is 0. The maximum atomic E-state index is 5.21. The number of rotatable bonds is 6. The lowest BCUT2D eigenvalue weighted by Gasteiger charge is -2.14. The molecule has 4 heteroatoms. The van der Waals surface area contributed by atoms with E-state index in [1.54, 1.807) is 0 Å². The highest BCUT2D eigenvalue weighted by molar-refractivity contribution is 7.26. The van der Waals surface area contributed by atoms with Crippen LogP contribution in [0.2, 0.25) is 0 Å². The van der Waals surface area contributed by atoms with Crippen LogP contribution in [0.5, 0.6) is 0 Å². The predicted molar refractivity (Wildman–Crippen MR) is 258 cm³/mol. The molecular weight excluding hydrogens is 759 g/mol. The maximum Gasteiger partial charge on any atom is 0.160 e. The van der Waals surface area contributed by atoms with Crippen LogP contribution >= 0.6 is 11.3 Å². The van der Waals surface area contributed by atoms with Gasteiger partial charge in [0.05, 0.1) is 22.6 Å². The number of aromatic nitrogens is 3. The Labute approximate surface area is 356 Å². The second-order valence-electron chi connectivity index (χ2n) is 15.5. The van der Waals surface area contributed by atoms with Crippen LogP contribution in [0.3, 0.4) is 0 Å². The Morgan fingerprint density at radius 3 is 1.62 bits per heavy atom. The molecule has 0 unspecified atom stereocenters. The molecule has 0 atom stereocenters. The molecule has 3 heterocycles. The fraction of sp³-hybridized carbons (Fsp3) is 0. The number of fused-ring (bicyclic) bond motifs is 8. The van der Waals surface area contributed by atoms with Crippen molar-refractivity contribution in [2.24, 2.45) is 0 Å². The van der Waals surface area contributed by atoms with Crippen molar-refractivity contribution < 1.29 is 0 Å². The molecule has 0 aliphatic carbocycles. The van der Waals surface area contributed by atoms with E-state index in [-0.39, 0.29) is 0 Å². The summed E-state index contributed by atoms with van der Waals surface area (Å²) in [6.45, 7) is 0. The number of hydrogen-bond acceptors (Lipinski definition) is 4. The summed E-state index contributed by atoms with van der Waals surface area (Å²) < 4.78 is 2.55. The summed E-state index contributed by atoms with van der Waals surface area (Å²) in [4.78, 5) is 15.6. The predicted octanol–water partition coefficient (Wildman–Crippen LogP) is 15.7. The monoisotopic (exact) mass is 793 g/mol. The number of benzene rings is 9. The summed E-state index contributed by atoms with van der Waals surface area (Å²) in [5.74, 6) is 0.702. The molecule has 0 fully saturated rings. The standard InChI is InChI=1S/C57H35N3S/c1-4-14-37(15-5-1)42-29-30-45(44-21-11-10-20-43(42)44)51-35-50(59-57(60-51)40-18-8-3-9-19-40)38-26-24-36(25-27-38)41-28-32-52-48(34-41)55-53(61-52)33-31-47-54(55)46-22-12-13-23-49(46)58-56(47)39-16-6-2-7-17-39/h1-35H. The molecule has 61 heavy (non-hydrogen) atoms. The van der Waals surface area contributed by atoms with E-state index in [0.29, 0.717) is 5.82 Å². The zero-order chi connectivity index (χ0) is 40.3. The Morgan fingerprint density at radius 1 is 0.295 bits per heavy atom. The fourth-order valence-corrected chi connectivity index (χ4v) is 10.1. The number of nitrogens with zero attached hydrogens (tertiary/aromatic N) is 3. The van der Waals surface area contributed by atoms with Gasteiger partial charge in [-0.15, -0.1) is 11.3 Å².